The summed E-state index contributed by atoms with van der Waals surface area (Å²) < 4.78 is 4.75. The topological polar surface area (TPSA) is 22.8 Å². The summed E-state index contributed by atoms with van der Waals surface area (Å²) in [5, 5.41) is 5.94. The molecule has 0 radical (unpaired) electrons. The molecule has 3 nitrogen and oxygen atoms in total. The minimum atomic E-state index is 0.964. The van der Waals surface area contributed by atoms with Crippen molar-refractivity contribution in [3.8, 4) is 32.5 Å². The maximum absolute atomic E-state index is 5.38. The molecule has 0 aliphatic carbocycles. The maximum atomic E-state index is 5.38. The van der Waals surface area contributed by atoms with Gasteiger partial charge in [-0.15, -0.1) is 0 Å². The second-order valence-corrected chi connectivity index (χ2v) is 11.8. The number of hydrogen-bond donors (Lipinski definition) is 0. The van der Waals surface area contributed by atoms with Gasteiger partial charge in [-0.1, -0.05) is 127 Å². The average Bonchev–Trinajstić information content (AvgIpc) is 3.75. The van der Waals surface area contributed by atoms with E-state index in [9.17, 15) is 0 Å². The number of rotatable bonds is 4. The number of aromatic nitrogens is 3. The Hall–Kier alpha value is -5.45. The minimum Gasteiger partial charge on any atom is -0.309 e. The first-order valence-electron chi connectivity index (χ1n) is 14.5. The zero-order valence-corrected chi connectivity index (χ0v) is 24.0. The molecule has 4 heteroatoms. The van der Waals surface area contributed by atoms with Crippen LogP contribution >= 0.6 is 11.3 Å². The summed E-state index contributed by atoms with van der Waals surface area (Å²) in [5.74, 6) is 0. The van der Waals surface area contributed by atoms with Crippen molar-refractivity contribution in [2.24, 2.45) is 0 Å². The molecule has 0 fully saturated rings. The van der Waals surface area contributed by atoms with Gasteiger partial charge in [-0.25, -0.2) is 4.98 Å². The normalized spacial score (nSPS) is 11.7. The fourth-order valence-electron chi connectivity index (χ4n) is 6.47. The van der Waals surface area contributed by atoms with Gasteiger partial charge in [0.2, 0.25) is 0 Å². The Morgan fingerprint density at radius 3 is 1.58 bits per heavy atom. The van der Waals surface area contributed by atoms with Gasteiger partial charge in [0.05, 0.1) is 32.6 Å². The van der Waals surface area contributed by atoms with Gasteiger partial charge in [-0.2, -0.15) is 0 Å². The summed E-state index contributed by atoms with van der Waals surface area (Å²) in [7, 11) is 0. The van der Waals surface area contributed by atoms with Gasteiger partial charge in [-0.3, -0.25) is 4.57 Å². The number of fused-ring (bicyclic) bond motifs is 6. The van der Waals surface area contributed by atoms with E-state index in [1.807, 2.05) is 0 Å². The van der Waals surface area contributed by atoms with Crippen LogP contribution in [0, 0.1) is 0 Å². The zero-order valence-electron chi connectivity index (χ0n) is 23.2. The lowest BCUT2D eigenvalue weighted by atomic mass is 10.1. The highest BCUT2D eigenvalue weighted by molar-refractivity contribution is 7.18. The highest BCUT2D eigenvalue weighted by Crippen LogP contribution is 2.43. The van der Waals surface area contributed by atoms with Gasteiger partial charge in [-0.05, 0) is 42.0 Å². The number of hydrogen-bond acceptors (Lipinski definition) is 2. The van der Waals surface area contributed by atoms with Gasteiger partial charge in [0.15, 0.2) is 5.13 Å². The number of nitrogens with zero attached hydrogens (tertiary/aromatic N) is 3. The van der Waals surface area contributed by atoms with Crippen LogP contribution in [0.1, 0.15) is 0 Å². The number of thiazole rings is 1. The SMILES string of the molecule is c1ccc(-c2nc(-n3c4ccccc4c4cc5c6ccccc6n(-c6ccccc6)c5cc43)sc2-c2ccccc2)cc1. The third-order valence-corrected chi connectivity index (χ3v) is 9.46. The van der Waals surface area contributed by atoms with Gasteiger partial charge >= 0.3 is 0 Å². The molecule has 0 saturated heterocycles. The highest BCUT2D eigenvalue weighted by Gasteiger charge is 2.22. The van der Waals surface area contributed by atoms with Crippen LogP contribution in [-0.4, -0.2) is 14.1 Å². The largest absolute Gasteiger partial charge is 0.309 e. The molecule has 202 valence electrons. The predicted molar refractivity (Wildman–Crippen MR) is 182 cm³/mol. The van der Waals surface area contributed by atoms with Crippen molar-refractivity contribution in [2.75, 3.05) is 0 Å². The van der Waals surface area contributed by atoms with E-state index >= 15 is 0 Å². The average molecular weight is 568 g/mol. The predicted octanol–water partition coefficient (Wildman–Crippen LogP) is 10.7. The first kappa shape index (κ1) is 24.2. The molecule has 6 aromatic carbocycles. The van der Waals surface area contributed by atoms with Crippen LogP contribution < -0.4 is 0 Å². The van der Waals surface area contributed by atoms with Crippen LogP contribution in [0.25, 0.3) is 76.1 Å². The van der Waals surface area contributed by atoms with Crippen molar-refractivity contribution >= 4 is 54.9 Å². The Morgan fingerprint density at radius 1 is 0.419 bits per heavy atom. The molecule has 3 aromatic heterocycles. The lowest BCUT2D eigenvalue weighted by molar-refractivity contribution is 1.13. The molecule has 0 unspecified atom stereocenters. The van der Waals surface area contributed by atoms with E-state index in [-0.39, 0.29) is 0 Å². The summed E-state index contributed by atoms with van der Waals surface area (Å²) in [4.78, 5) is 6.55. The molecule has 9 rings (SSSR count). The molecule has 0 amide bonds. The van der Waals surface area contributed by atoms with E-state index in [2.05, 4.69) is 161 Å². The van der Waals surface area contributed by atoms with Crippen LogP contribution in [0.5, 0.6) is 0 Å². The van der Waals surface area contributed by atoms with Gasteiger partial charge in [0.1, 0.15) is 0 Å². The fourth-order valence-corrected chi connectivity index (χ4v) is 7.60. The van der Waals surface area contributed by atoms with E-state index in [1.165, 1.54) is 43.0 Å². The lowest BCUT2D eigenvalue weighted by Gasteiger charge is -2.08. The van der Waals surface area contributed by atoms with E-state index < -0.39 is 0 Å². The van der Waals surface area contributed by atoms with E-state index in [4.69, 9.17) is 4.98 Å². The molecular weight excluding hydrogens is 543 g/mol. The Labute approximate surface area is 252 Å². The second-order valence-electron chi connectivity index (χ2n) is 10.8. The maximum Gasteiger partial charge on any atom is 0.195 e. The molecule has 0 atom stereocenters. The van der Waals surface area contributed by atoms with Crippen molar-refractivity contribution in [3.05, 3.63) is 152 Å². The fraction of sp³-hybridized carbons (Fsp3) is 0. The van der Waals surface area contributed by atoms with E-state index in [0.29, 0.717) is 0 Å². The summed E-state index contributed by atoms with van der Waals surface area (Å²) in [6, 6.07) is 54.0. The molecule has 0 aliphatic heterocycles. The molecule has 43 heavy (non-hydrogen) atoms. The molecular formula is C39H25N3S. The van der Waals surface area contributed by atoms with Gasteiger partial charge in [0, 0.05) is 32.8 Å². The van der Waals surface area contributed by atoms with E-state index in [1.54, 1.807) is 11.3 Å². The summed E-state index contributed by atoms with van der Waals surface area (Å²) >= 11 is 1.75. The second kappa shape index (κ2) is 9.55. The Bertz CT molecular complexity index is 2380. The zero-order chi connectivity index (χ0) is 28.3. The Kier molecular flexibility index (Phi) is 5.37. The summed E-state index contributed by atoms with van der Waals surface area (Å²) in [6.45, 7) is 0. The first-order valence-corrected chi connectivity index (χ1v) is 15.3. The molecule has 3 heterocycles. The first-order chi connectivity index (χ1) is 21.3. The van der Waals surface area contributed by atoms with Crippen molar-refractivity contribution in [1.29, 1.82) is 0 Å². The molecule has 0 spiro atoms. The molecule has 0 aliphatic rings. The third kappa shape index (κ3) is 3.70. The smallest absolute Gasteiger partial charge is 0.195 e. The van der Waals surface area contributed by atoms with Crippen molar-refractivity contribution in [3.63, 3.8) is 0 Å². The molecule has 0 saturated carbocycles. The van der Waals surface area contributed by atoms with E-state index in [0.717, 1.165) is 33.1 Å². The molecule has 0 N–H and O–H groups in total. The van der Waals surface area contributed by atoms with Crippen molar-refractivity contribution < 1.29 is 0 Å². The van der Waals surface area contributed by atoms with Gasteiger partial charge < -0.3 is 4.57 Å². The van der Waals surface area contributed by atoms with Crippen LogP contribution in [0.15, 0.2) is 152 Å². The minimum absolute atomic E-state index is 0.964. The van der Waals surface area contributed by atoms with Crippen LogP contribution in [0.4, 0.5) is 0 Å². The summed E-state index contributed by atoms with van der Waals surface area (Å²) in [6.07, 6.45) is 0. The van der Waals surface area contributed by atoms with Crippen LogP contribution in [0.3, 0.4) is 0 Å². The Balaban J connectivity index is 1.40. The Morgan fingerprint density at radius 2 is 0.930 bits per heavy atom. The van der Waals surface area contributed by atoms with Crippen molar-refractivity contribution in [1.82, 2.24) is 14.1 Å². The molecule has 9 aromatic rings. The highest BCUT2D eigenvalue weighted by atomic mass is 32.1. The van der Waals surface area contributed by atoms with Crippen molar-refractivity contribution in [2.45, 2.75) is 0 Å². The van der Waals surface area contributed by atoms with Crippen LogP contribution in [-0.2, 0) is 0 Å². The molecule has 0 bridgehead atoms. The van der Waals surface area contributed by atoms with Crippen LogP contribution in [0.2, 0.25) is 0 Å². The standard InChI is InChI=1S/C39H25N3S/c1-4-14-26(15-5-1)37-38(27-16-6-2-7-17-27)43-39(40-37)42-34-23-13-11-21-30(34)32-24-31-29-20-10-12-22-33(29)41(35(31)25-36(32)42)28-18-8-3-9-19-28/h1-25H. The number of benzene rings is 6. The lowest BCUT2D eigenvalue weighted by Crippen LogP contribution is -1.95. The third-order valence-electron chi connectivity index (χ3n) is 8.37. The number of para-hydroxylation sites is 3. The monoisotopic (exact) mass is 567 g/mol. The van der Waals surface area contributed by atoms with Gasteiger partial charge in [0.25, 0.3) is 0 Å². The quantitative estimate of drug-likeness (QED) is 0.207. The summed E-state index contributed by atoms with van der Waals surface area (Å²) in [5.41, 5.74) is 9.18.